The van der Waals surface area contributed by atoms with Crippen LogP contribution in [0.2, 0.25) is 0 Å². The SMILES string of the molecule is C=CCCCCCCCC(=O)OCCCCCC.CC. The molecule has 120 valence electrons. The van der Waals surface area contributed by atoms with Crippen molar-refractivity contribution < 1.29 is 9.53 Å². The van der Waals surface area contributed by atoms with Gasteiger partial charge in [-0.3, -0.25) is 4.79 Å². The molecule has 0 spiro atoms. The van der Waals surface area contributed by atoms with Crippen LogP contribution in [0.4, 0.5) is 0 Å². The average molecular weight is 284 g/mol. The van der Waals surface area contributed by atoms with Crippen molar-refractivity contribution in [3.63, 3.8) is 0 Å². The van der Waals surface area contributed by atoms with E-state index in [4.69, 9.17) is 4.74 Å². The lowest BCUT2D eigenvalue weighted by Crippen LogP contribution is -2.05. The lowest BCUT2D eigenvalue weighted by molar-refractivity contribution is -0.143. The van der Waals surface area contributed by atoms with Crippen molar-refractivity contribution in [3.05, 3.63) is 12.7 Å². The highest BCUT2D eigenvalue weighted by atomic mass is 16.5. The fourth-order valence-electron chi connectivity index (χ4n) is 1.88. The summed E-state index contributed by atoms with van der Waals surface area (Å²) in [6, 6.07) is 0. The van der Waals surface area contributed by atoms with E-state index in [2.05, 4.69) is 13.5 Å². The Morgan fingerprint density at radius 2 is 1.55 bits per heavy atom. The van der Waals surface area contributed by atoms with Gasteiger partial charge in [0, 0.05) is 6.42 Å². The Kier molecular flexibility index (Phi) is 22.1. The highest BCUT2D eigenvalue weighted by molar-refractivity contribution is 5.69. The third kappa shape index (κ3) is 19.5. The van der Waals surface area contributed by atoms with E-state index in [1.165, 1.54) is 38.5 Å². The maximum Gasteiger partial charge on any atom is 0.305 e. The van der Waals surface area contributed by atoms with Gasteiger partial charge >= 0.3 is 5.97 Å². The fourth-order valence-corrected chi connectivity index (χ4v) is 1.88. The molecule has 0 radical (unpaired) electrons. The predicted molar refractivity (Wildman–Crippen MR) is 89.0 cm³/mol. The van der Waals surface area contributed by atoms with Crippen LogP contribution in [0.3, 0.4) is 0 Å². The van der Waals surface area contributed by atoms with E-state index in [0.717, 1.165) is 25.7 Å². The minimum Gasteiger partial charge on any atom is -0.466 e. The van der Waals surface area contributed by atoms with Crippen LogP contribution in [0.5, 0.6) is 0 Å². The van der Waals surface area contributed by atoms with E-state index < -0.39 is 0 Å². The zero-order chi connectivity index (χ0) is 15.5. The van der Waals surface area contributed by atoms with E-state index in [9.17, 15) is 4.79 Å². The van der Waals surface area contributed by atoms with Crippen molar-refractivity contribution in [2.24, 2.45) is 0 Å². The Morgan fingerprint density at radius 1 is 0.950 bits per heavy atom. The number of allylic oxidation sites excluding steroid dienone is 1. The first kappa shape index (κ1) is 21.5. The van der Waals surface area contributed by atoms with Gasteiger partial charge in [-0.1, -0.05) is 65.4 Å². The lowest BCUT2D eigenvalue weighted by Gasteiger charge is -2.04. The smallest absolute Gasteiger partial charge is 0.305 e. The van der Waals surface area contributed by atoms with Crippen LogP contribution in [0.15, 0.2) is 12.7 Å². The monoisotopic (exact) mass is 284 g/mol. The molecule has 2 heteroatoms. The van der Waals surface area contributed by atoms with Crippen molar-refractivity contribution in [3.8, 4) is 0 Å². The molecule has 0 saturated carbocycles. The second-order valence-corrected chi connectivity index (χ2v) is 4.88. The van der Waals surface area contributed by atoms with Gasteiger partial charge in [0.05, 0.1) is 6.61 Å². The molecule has 0 amide bonds. The predicted octanol–water partition coefficient (Wildman–Crippen LogP) is 6.05. The van der Waals surface area contributed by atoms with E-state index in [1.807, 2.05) is 19.9 Å². The molecule has 0 fully saturated rings. The van der Waals surface area contributed by atoms with E-state index in [0.29, 0.717) is 13.0 Å². The number of esters is 1. The van der Waals surface area contributed by atoms with Crippen molar-refractivity contribution in [2.45, 2.75) is 91.4 Å². The first-order valence-electron chi connectivity index (χ1n) is 8.57. The summed E-state index contributed by atoms with van der Waals surface area (Å²) < 4.78 is 5.18. The average Bonchev–Trinajstić information content (AvgIpc) is 2.48. The second kappa shape index (κ2) is 20.5. The minimum absolute atomic E-state index is 0.0161. The molecule has 0 aromatic rings. The van der Waals surface area contributed by atoms with Gasteiger partial charge in [-0.25, -0.2) is 0 Å². The Morgan fingerprint density at radius 3 is 2.20 bits per heavy atom. The summed E-state index contributed by atoms with van der Waals surface area (Å²) >= 11 is 0. The quantitative estimate of drug-likeness (QED) is 0.234. The molecule has 0 rings (SSSR count). The second-order valence-electron chi connectivity index (χ2n) is 4.88. The van der Waals surface area contributed by atoms with Gasteiger partial charge in [0.1, 0.15) is 0 Å². The summed E-state index contributed by atoms with van der Waals surface area (Å²) in [5, 5.41) is 0. The Bertz CT molecular complexity index is 200. The summed E-state index contributed by atoms with van der Waals surface area (Å²) in [5.41, 5.74) is 0. The van der Waals surface area contributed by atoms with Crippen molar-refractivity contribution >= 4 is 5.97 Å². The molecule has 0 aliphatic rings. The molecule has 0 bridgehead atoms. The number of carbonyl (C=O) groups excluding carboxylic acids is 1. The van der Waals surface area contributed by atoms with Crippen molar-refractivity contribution in [1.29, 1.82) is 0 Å². The van der Waals surface area contributed by atoms with Crippen LogP contribution < -0.4 is 0 Å². The molecule has 0 unspecified atom stereocenters. The van der Waals surface area contributed by atoms with Crippen molar-refractivity contribution in [2.75, 3.05) is 6.61 Å². The molecular weight excluding hydrogens is 248 g/mol. The molecule has 0 N–H and O–H groups in total. The number of rotatable bonds is 13. The van der Waals surface area contributed by atoms with Crippen LogP contribution in [-0.4, -0.2) is 12.6 Å². The molecule has 0 aliphatic carbocycles. The van der Waals surface area contributed by atoms with Gasteiger partial charge in [0.25, 0.3) is 0 Å². The first-order valence-corrected chi connectivity index (χ1v) is 8.57. The van der Waals surface area contributed by atoms with Gasteiger partial charge in [-0.05, 0) is 25.7 Å². The van der Waals surface area contributed by atoms with Gasteiger partial charge in [-0.2, -0.15) is 0 Å². The maximum absolute atomic E-state index is 11.4. The zero-order valence-electron chi connectivity index (χ0n) is 14.1. The third-order valence-corrected chi connectivity index (χ3v) is 3.05. The number of hydrogen-bond acceptors (Lipinski definition) is 2. The molecule has 0 atom stereocenters. The van der Waals surface area contributed by atoms with Crippen LogP contribution in [0.25, 0.3) is 0 Å². The standard InChI is InChI=1S/C16H30O2.C2H6/c1-3-5-7-9-10-11-12-14-16(17)18-15-13-8-6-4-2;1-2/h3H,1,4-15H2,2H3;1-2H3. The van der Waals surface area contributed by atoms with Crippen LogP contribution in [0, 0.1) is 0 Å². The van der Waals surface area contributed by atoms with E-state index in [-0.39, 0.29) is 5.97 Å². The molecule has 2 nitrogen and oxygen atoms in total. The number of unbranched alkanes of at least 4 members (excludes halogenated alkanes) is 8. The summed E-state index contributed by atoms with van der Waals surface area (Å²) in [6.07, 6.45) is 14.1. The van der Waals surface area contributed by atoms with Gasteiger partial charge < -0.3 is 4.74 Å². The fraction of sp³-hybridized carbons (Fsp3) is 0.833. The summed E-state index contributed by atoms with van der Waals surface area (Å²) in [5.74, 6) is -0.0161. The number of ether oxygens (including phenoxy) is 1. The Balaban J connectivity index is 0. The van der Waals surface area contributed by atoms with Crippen LogP contribution in [-0.2, 0) is 9.53 Å². The summed E-state index contributed by atoms with van der Waals surface area (Å²) in [7, 11) is 0. The minimum atomic E-state index is -0.0161. The molecule has 0 saturated heterocycles. The van der Waals surface area contributed by atoms with Gasteiger partial charge in [-0.15, -0.1) is 6.58 Å². The highest BCUT2D eigenvalue weighted by Crippen LogP contribution is 2.08. The normalized spacial score (nSPS) is 9.55. The Labute approximate surface area is 127 Å². The summed E-state index contributed by atoms with van der Waals surface area (Å²) in [4.78, 5) is 11.4. The van der Waals surface area contributed by atoms with Gasteiger partial charge in [0.2, 0.25) is 0 Å². The molecule has 20 heavy (non-hydrogen) atoms. The topological polar surface area (TPSA) is 26.3 Å². The van der Waals surface area contributed by atoms with Crippen molar-refractivity contribution in [1.82, 2.24) is 0 Å². The van der Waals surface area contributed by atoms with E-state index >= 15 is 0 Å². The number of carbonyl (C=O) groups is 1. The largest absolute Gasteiger partial charge is 0.466 e. The van der Waals surface area contributed by atoms with Crippen LogP contribution >= 0.6 is 0 Å². The summed E-state index contributed by atoms with van der Waals surface area (Å²) in [6.45, 7) is 10.5. The van der Waals surface area contributed by atoms with Gasteiger partial charge in [0.15, 0.2) is 0 Å². The third-order valence-electron chi connectivity index (χ3n) is 3.05. The number of hydrogen-bond donors (Lipinski definition) is 0. The van der Waals surface area contributed by atoms with Crippen LogP contribution in [0.1, 0.15) is 91.4 Å². The van der Waals surface area contributed by atoms with E-state index in [1.54, 1.807) is 0 Å². The molecular formula is C18H36O2. The Hall–Kier alpha value is -0.790. The molecule has 0 aromatic heterocycles. The molecule has 0 heterocycles. The molecule has 0 aromatic carbocycles. The first-order chi connectivity index (χ1) is 9.81. The maximum atomic E-state index is 11.4. The zero-order valence-corrected chi connectivity index (χ0v) is 14.1. The molecule has 0 aliphatic heterocycles. The lowest BCUT2D eigenvalue weighted by atomic mass is 10.1. The highest BCUT2D eigenvalue weighted by Gasteiger charge is 2.01.